The van der Waals surface area contributed by atoms with Gasteiger partial charge in [-0.3, -0.25) is 9.59 Å². The fraction of sp³-hybridized carbons (Fsp3) is 0.750. The highest BCUT2D eigenvalue weighted by Crippen LogP contribution is 2.09. The van der Waals surface area contributed by atoms with Crippen LogP contribution in [0.2, 0.25) is 0 Å². The zero-order valence-corrected chi connectivity index (χ0v) is 7.40. The molecule has 1 heterocycles. The van der Waals surface area contributed by atoms with Crippen LogP contribution in [0.25, 0.3) is 0 Å². The molecular formula is C8H14N2O3. The number of amides is 1. The van der Waals surface area contributed by atoms with E-state index in [1.54, 1.807) is 4.90 Å². The SMILES string of the molecule is NC1CCN(C(=O)CCC(=O)O)C1. The van der Waals surface area contributed by atoms with Crippen LogP contribution in [0, 0.1) is 0 Å². The maximum absolute atomic E-state index is 11.3. The van der Waals surface area contributed by atoms with E-state index in [4.69, 9.17) is 10.8 Å². The van der Waals surface area contributed by atoms with Gasteiger partial charge in [0.25, 0.3) is 0 Å². The molecule has 3 N–H and O–H groups in total. The number of hydrogen-bond acceptors (Lipinski definition) is 3. The number of carbonyl (C=O) groups excluding carboxylic acids is 1. The van der Waals surface area contributed by atoms with Gasteiger partial charge in [0.05, 0.1) is 6.42 Å². The van der Waals surface area contributed by atoms with Gasteiger partial charge in [-0.15, -0.1) is 0 Å². The predicted molar refractivity (Wildman–Crippen MR) is 46.0 cm³/mol. The van der Waals surface area contributed by atoms with Crippen molar-refractivity contribution < 1.29 is 14.7 Å². The molecule has 74 valence electrons. The van der Waals surface area contributed by atoms with Crippen molar-refractivity contribution in [2.24, 2.45) is 5.73 Å². The Hall–Kier alpha value is -1.10. The monoisotopic (exact) mass is 186 g/mol. The van der Waals surface area contributed by atoms with E-state index < -0.39 is 5.97 Å². The Balaban J connectivity index is 2.27. The van der Waals surface area contributed by atoms with Gasteiger partial charge in [-0.25, -0.2) is 0 Å². The second kappa shape index (κ2) is 4.23. The Labute approximate surface area is 76.5 Å². The smallest absolute Gasteiger partial charge is 0.303 e. The minimum Gasteiger partial charge on any atom is -0.481 e. The lowest BCUT2D eigenvalue weighted by Gasteiger charge is -2.14. The normalized spacial score (nSPS) is 21.9. The minimum absolute atomic E-state index is 0.0637. The van der Waals surface area contributed by atoms with Crippen molar-refractivity contribution in [1.82, 2.24) is 4.90 Å². The standard InChI is InChI=1S/C8H14N2O3/c9-6-3-4-10(5-6)7(11)1-2-8(12)13/h6H,1-5,9H2,(H,12,13). The van der Waals surface area contributed by atoms with Crippen LogP contribution in [0.4, 0.5) is 0 Å². The van der Waals surface area contributed by atoms with E-state index in [-0.39, 0.29) is 24.8 Å². The second-order valence-electron chi connectivity index (χ2n) is 3.28. The third-order valence-corrected chi connectivity index (χ3v) is 2.13. The first-order valence-corrected chi connectivity index (χ1v) is 4.34. The molecule has 5 heteroatoms. The van der Waals surface area contributed by atoms with Crippen molar-refractivity contribution in [2.45, 2.75) is 25.3 Å². The van der Waals surface area contributed by atoms with E-state index in [0.717, 1.165) is 6.42 Å². The Morgan fingerprint density at radius 3 is 2.62 bits per heavy atom. The molecule has 1 amide bonds. The fourth-order valence-corrected chi connectivity index (χ4v) is 1.39. The van der Waals surface area contributed by atoms with Gasteiger partial charge in [0, 0.05) is 25.6 Å². The van der Waals surface area contributed by atoms with Crippen molar-refractivity contribution >= 4 is 11.9 Å². The first kappa shape index (κ1) is 9.98. The van der Waals surface area contributed by atoms with Crippen molar-refractivity contribution in [2.75, 3.05) is 13.1 Å². The molecule has 0 aromatic heterocycles. The number of aliphatic carboxylic acids is 1. The second-order valence-corrected chi connectivity index (χ2v) is 3.28. The molecule has 1 aliphatic rings. The third kappa shape index (κ3) is 3.02. The number of carbonyl (C=O) groups is 2. The maximum Gasteiger partial charge on any atom is 0.303 e. The van der Waals surface area contributed by atoms with Crippen molar-refractivity contribution in [3.05, 3.63) is 0 Å². The molecule has 0 bridgehead atoms. The van der Waals surface area contributed by atoms with E-state index in [2.05, 4.69) is 0 Å². The van der Waals surface area contributed by atoms with Gasteiger partial charge in [0.2, 0.25) is 5.91 Å². The van der Waals surface area contributed by atoms with Crippen LogP contribution >= 0.6 is 0 Å². The average Bonchev–Trinajstić information content (AvgIpc) is 2.47. The van der Waals surface area contributed by atoms with Crippen LogP contribution in [-0.4, -0.2) is 41.0 Å². The molecule has 0 saturated carbocycles. The number of carboxylic acids is 1. The third-order valence-electron chi connectivity index (χ3n) is 2.13. The largest absolute Gasteiger partial charge is 0.481 e. The van der Waals surface area contributed by atoms with Crippen LogP contribution in [0.3, 0.4) is 0 Å². The molecular weight excluding hydrogens is 172 g/mol. The summed E-state index contributed by atoms with van der Waals surface area (Å²) in [5.41, 5.74) is 5.61. The fourth-order valence-electron chi connectivity index (χ4n) is 1.39. The topological polar surface area (TPSA) is 83.6 Å². The van der Waals surface area contributed by atoms with Crippen LogP contribution in [0.15, 0.2) is 0 Å². The predicted octanol–water partition coefficient (Wildman–Crippen LogP) is -0.589. The summed E-state index contributed by atoms with van der Waals surface area (Å²) < 4.78 is 0. The molecule has 0 spiro atoms. The molecule has 0 aromatic carbocycles. The molecule has 5 nitrogen and oxygen atoms in total. The summed E-state index contributed by atoms with van der Waals surface area (Å²) in [5.74, 6) is -1.04. The van der Waals surface area contributed by atoms with Crippen molar-refractivity contribution in [1.29, 1.82) is 0 Å². The van der Waals surface area contributed by atoms with Gasteiger partial charge < -0.3 is 15.7 Å². The minimum atomic E-state index is -0.933. The molecule has 0 radical (unpaired) electrons. The summed E-state index contributed by atoms with van der Waals surface area (Å²) in [4.78, 5) is 23.1. The van der Waals surface area contributed by atoms with Gasteiger partial charge >= 0.3 is 5.97 Å². The van der Waals surface area contributed by atoms with Gasteiger partial charge in [0.1, 0.15) is 0 Å². The number of carboxylic acid groups (broad SMARTS) is 1. The lowest BCUT2D eigenvalue weighted by Crippen LogP contribution is -2.32. The number of nitrogens with two attached hydrogens (primary N) is 1. The first-order valence-electron chi connectivity index (χ1n) is 4.34. The Kier molecular flexibility index (Phi) is 3.25. The van der Waals surface area contributed by atoms with Crippen molar-refractivity contribution in [3.8, 4) is 0 Å². The number of rotatable bonds is 3. The summed E-state index contributed by atoms with van der Waals surface area (Å²) >= 11 is 0. The van der Waals surface area contributed by atoms with Crippen LogP contribution in [-0.2, 0) is 9.59 Å². The van der Waals surface area contributed by atoms with E-state index >= 15 is 0 Å². The highest BCUT2D eigenvalue weighted by atomic mass is 16.4. The van der Waals surface area contributed by atoms with E-state index in [1.807, 2.05) is 0 Å². The molecule has 1 atom stereocenters. The summed E-state index contributed by atoms with van der Waals surface area (Å²) in [6.45, 7) is 1.23. The van der Waals surface area contributed by atoms with Gasteiger partial charge in [-0.1, -0.05) is 0 Å². The van der Waals surface area contributed by atoms with Crippen LogP contribution < -0.4 is 5.73 Å². The Morgan fingerprint density at radius 2 is 2.15 bits per heavy atom. The first-order chi connectivity index (χ1) is 6.09. The Morgan fingerprint density at radius 1 is 1.46 bits per heavy atom. The van der Waals surface area contributed by atoms with E-state index in [9.17, 15) is 9.59 Å². The molecule has 13 heavy (non-hydrogen) atoms. The summed E-state index contributed by atoms with van der Waals surface area (Å²) in [7, 11) is 0. The highest BCUT2D eigenvalue weighted by Gasteiger charge is 2.23. The molecule has 1 unspecified atom stereocenters. The quantitative estimate of drug-likeness (QED) is 0.617. The molecule has 0 aromatic rings. The van der Waals surface area contributed by atoms with Gasteiger partial charge in [0.15, 0.2) is 0 Å². The summed E-state index contributed by atoms with van der Waals surface area (Å²) in [5, 5.41) is 8.36. The van der Waals surface area contributed by atoms with Gasteiger partial charge in [-0.2, -0.15) is 0 Å². The van der Waals surface area contributed by atoms with Crippen LogP contribution in [0.1, 0.15) is 19.3 Å². The molecule has 0 aliphatic carbocycles. The zero-order valence-electron chi connectivity index (χ0n) is 7.40. The number of nitrogens with zero attached hydrogens (tertiary/aromatic N) is 1. The molecule has 1 rings (SSSR count). The van der Waals surface area contributed by atoms with E-state index in [0.29, 0.717) is 13.1 Å². The molecule has 1 aliphatic heterocycles. The summed E-state index contributed by atoms with van der Waals surface area (Å²) in [6.07, 6.45) is 0.811. The van der Waals surface area contributed by atoms with Crippen molar-refractivity contribution in [3.63, 3.8) is 0 Å². The zero-order chi connectivity index (χ0) is 9.84. The Bertz CT molecular complexity index is 217. The maximum atomic E-state index is 11.3. The van der Waals surface area contributed by atoms with Gasteiger partial charge in [-0.05, 0) is 6.42 Å². The lowest BCUT2D eigenvalue weighted by molar-refractivity contribution is -0.140. The van der Waals surface area contributed by atoms with E-state index in [1.165, 1.54) is 0 Å². The number of hydrogen-bond donors (Lipinski definition) is 2. The summed E-state index contributed by atoms with van der Waals surface area (Å²) in [6, 6.07) is 0.0637. The van der Waals surface area contributed by atoms with Crippen LogP contribution in [0.5, 0.6) is 0 Å². The lowest BCUT2D eigenvalue weighted by atomic mass is 10.3. The molecule has 1 fully saturated rings. The highest BCUT2D eigenvalue weighted by molar-refractivity contribution is 5.80. The number of likely N-dealkylation sites (tertiary alicyclic amines) is 1. The molecule has 1 saturated heterocycles. The average molecular weight is 186 g/mol.